The number of rotatable bonds is 3. The molecule has 3 aliphatic rings. The average molecular weight is 385 g/mol. The number of halogens is 1. The quantitative estimate of drug-likeness (QED) is 0.694. The van der Waals surface area contributed by atoms with Gasteiger partial charge in [-0.1, -0.05) is 12.1 Å². The number of allylic oxidation sites excluding steroid dienone is 2. The third kappa shape index (κ3) is 3.02. The summed E-state index contributed by atoms with van der Waals surface area (Å²) in [7, 11) is -3.65. The summed E-state index contributed by atoms with van der Waals surface area (Å²) in [6, 6.07) is 5.75. The van der Waals surface area contributed by atoms with Gasteiger partial charge in [0.2, 0.25) is 0 Å². The van der Waals surface area contributed by atoms with Crippen molar-refractivity contribution in [2.45, 2.75) is 13.0 Å². The summed E-state index contributed by atoms with van der Waals surface area (Å²) in [5.41, 5.74) is 3.53. The van der Waals surface area contributed by atoms with Crippen molar-refractivity contribution in [3.8, 4) is 0 Å². The van der Waals surface area contributed by atoms with Gasteiger partial charge in [0.1, 0.15) is 4.91 Å². The van der Waals surface area contributed by atoms with E-state index in [4.69, 9.17) is 0 Å². The molecule has 0 saturated carbocycles. The first kappa shape index (κ1) is 17.2. The Kier molecular flexibility index (Phi) is 4.82. The fourth-order valence-electron chi connectivity index (χ4n) is 2.89. The van der Waals surface area contributed by atoms with Crippen molar-refractivity contribution in [1.29, 1.82) is 0 Å². The summed E-state index contributed by atoms with van der Waals surface area (Å²) in [6.45, 7) is 1.63. The highest BCUT2D eigenvalue weighted by Gasteiger charge is 2.30. The van der Waals surface area contributed by atoms with Gasteiger partial charge in [0.25, 0.3) is 10.0 Å². The summed E-state index contributed by atoms with van der Waals surface area (Å²) >= 11 is 1.34. The fraction of sp³-hybridized carbons (Fsp3) is 0.200. The van der Waals surface area contributed by atoms with Gasteiger partial charge in [-0.25, -0.2) is 8.42 Å². The maximum Gasteiger partial charge on any atom is 0.264 e. The summed E-state index contributed by atoms with van der Waals surface area (Å²) in [6.07, 6.45) is 7.69. The maximum atomic E-state index is 12.8. The van der Waals surface area contributed by atoms with Crippen molar-refractivity contribution in [3.63, 3.8) is 0 Å². The Balaban J connectivity index is 0.00000169. The fourth-order valence-corrected chi connectivity index (χ4v) is 4.89. The molecule has 1 aromatic rings. The van der Waals surface area contributed by atoms with E-state index in [1.807, 2.05) is 24.4 Å². The van der Waals surface area contributed by atoms with E-state index >= 15 is 0 Å². The minimum Gasteiger partial charge on any atom is -0.316 e. The van der Waals surface area contributed by atoms with E-state index in [9.17, 15) is 8.42 Å². The normalized spacial score (nSPS) is 18.6. The van der Waals surface area contributed by atoms with Gasteiger partial charge < -0.3 is 10.0 Å². The van der Waals surface area contributed by atoms with Crippen molar-refractivity contribution < 1.29 is 8.42 Å². The molecule has 0 atom stereocenters. The molecule has 4 rings (SSSR count). The van der Waals surface area contributed by atoms with Crippen LogP contribution in [-0.4, -0.2) is 19.3 Å². The predicted molar refractivity (Wildman–Crippen MR) is 99.5 cm³/mol. The van der Waals surface area contributed by atoms with Crippen LogP contribution in [0.4, 0.5) is 5.69 Å². The van der Waals surface area contributed by atoms with Crippen molar-refractivity contribution in [2.24, 2.45) is 0 Å². The van der Waals surface area contributed by atoms with Gasteiger partial charge in [-0.05, 0) is 42.3 Å². The highest BCUT2D eigenvalue weighted by Crippen LogP contribution is 2.34. The van der Waals surface area contributed by atoms with Crippen LogP contribution in [0.2, 0.25) is 0 Å². The van der Waals surface area contributed by atoms with Crippen LogP contribution in [0.25, 0.3) is 0 Å². The lowest BCUT2D eigenvalue weighted by molar-refractivity contribution is 0.604. The Hall–Kier alpha value is -1.61. The number of hydrogen-bond acceptors (Lipinski definition) is 6. The van der Waals surface area contributed by atoms with Gasteiger partial charge in [0, 0.05) is 18.9 Å². The third-order valence-corrected chi connectivity index (χ3v) is 6.13. The topological polar surface area (TPSA) is 73.5 Å². The van der Waals surface area contributed by atoms with Crippen LogP contribution in [-0.2, 0) is 23.0 Å². The van der Waals surface area contributed by atoms with Crippen molar-refractivity contribution >= 4 is 40.3 Å². The SMILES string of the molecule is Cl.O=S(=O)(Nc1cccc2c1CCNC2)C1=CC=CN2SNC=C12. The van der Waals surface area contributed by atoms with Gasteiger partial charge in [0.15, 0.2) is 0 Å². The molecule has 3 aliphatic heterocycles. The molecule has 9 heteroatoms. The molecule has 3 N–H and O–H groups in total. The first-order valence-corrected chi connectivity index (χ1v) is 9.56. The molecule has 0 radical (unpaired) electrons. The van der Waals surface area contributed by atoms with Crippen molar-refractivity contribution in [1.82, 2.24) is 14.3 Å². The predicted octanol–water partition coefficient (Wildman–Crippen LogP) is 2.22. The zero-order chi connectivity index (χ0) is 15.9. The molecule has 128 valence electrons. The van der Waals surface area contributed by atoms with Gasteiger partial charge in [0.05, 0.1) is 23.5 Å². The van der Waals surface area contributed by atoms with E-state index in [0.717, 1.165) is 30.6 Å². The first-order valence-electron chi connectivity index (χ1n) is 7.30. The number of anilines is 1. The Morgan fingerprint density at radius 3 is 3.04 bits per heavy atom. The van der Waals surface area contributed by atoms with Crippen LogP contribution >= 0.6 is 24.5 Å². The van der Waals surface area contributed by atoms with Crippen LogP contribution in [0, 0.1) is 0 Å². The van der Waals surface area contributed by atoms with E-state index < -0.39 is 10.0 Å². The Morgan fingerprint density at radius 1 is 1.29 bits per heavy atom. The van der Waals surface area contributed by atoms with E-state index in [0.29, 0.717) is 11.4 Å². The molecule has 24 heavy (non-hydrogen) atoms. The summed E-state index contributed by atoms with van der Waals surface area (Å²) in [4.78, 5) is 0.268. The summed E-state index contributed by atoms with van der Waals surface area (Å²) < 4.78 is 33.2. The van der Waals surface area contributed by atoms with E-state index in [1.54, 1.807) is 22.7 Å². The van der Waals surface area contributed by atoms with E-state index in [1.165, 1.54) is 12.1 Å². The monoisotopic (exact) mass is 384 g/mol. The second kappa shape index (κ2) is 6.72. The standard InChI is InChI=1S/C15H16N4O2S2.ClH/c20-23(21,15-5-2-8-19-14(15)10-17-22-19)18-13-4-1-3-11-9-16-7-6-12(11)13;/h1-5,8,10,16-18H,6-7,9H2;1H. The van der Waals surface area contributed by atoms with Gasteiger partial charge in [-0.15, -0.1) is 12.4 Å². The summed E-state index contributed by atoms with van der Waals surface area (Å²) in [5, 5.41) is 3.30. The Bertz CT molecular complexity index is 849. The number of nitrogens with zero attached hydrogens (tertiary/aromatic N) is 1. The maximum absolute atomic E-state index is 12.8. The number of fused-ring (bicyclic) bond motifs is 2. The minimum atomic E-state index is -3.65. The number of hydrogen-bond donors (Lipinski definition) is 3. The zero-order valence-electron chi connectivity index (χ0n) is 12.7. The van der Waals surface area contributed by atoms with E-state index in [-0.39, 0.29) is 17.3 Å². The molecule has 0 aliphatic carbocycles. The lowest BCUT2D eigenvalue weighted by atomic mass is 9.99. The molecule has 0 unspecified atom stereocenters. The van der Waals surface area contributed by atoms with Crippen LogP contribution in [0.15, 0.2) is 53.4 Å². The van der Waals surface area contributed by atoms with Crippen LogP contribution in [0.3, 0.4) is 0 Å². The number of sulfonamides is 1. The molecule has 3 heterocycles. The molecule has 0 aromatic heterocycles. The molecule has 0 bridgehead atoms. The smallest absolute Gasteiger partial charge is 0.264 e. The highest BCUT2D eigenvalue weighted by atomic mass is 35.5. The number of benzene rings is 1. The van der Waals surface area contributed by atoms with Crippen LogP contribution < -0.4 is 14.8 Å². The molecule has 1 aromatic carbocycles. The zero-order valence-corrected chi connectivity index (χ0v) is 15.1. The minimum absolute atomic E-state index is 0. The lowest BCUT2D eigenvalue weighted by Gasteiger charge is -2.23. The van der Waals surface area contributed by atoms with Crippen molar-refractivity contribution in [3.05, 3.63) is 64.5 Å². The van der Waals surface area contributed by atoms with Gasteiger partial charge >= 0.3 is 0 Å². The van der Waals surface area contributed by atoms with Gasteiger partial charge in [-0.2, -0.15) is 0 Å². The molecular formula is C15H17ClN4O2S2. The average Bonchev–Trinajstić information content (AvgIpc) is 3.03. The second-order valence-corrected chi connectivity index (χ2v) is 7.87. The largest absolute Gasteiger partial charge is 0.316 e. The Labute approximate surface area is 151 Å². The van der Waals surface area contributed by atoms with Gasteiger partial charge in [-0.3, -0.25) is 9.03 Å². The molecular weight excluding hydrogens is 368 g/mol. The lowest BCUT2D eigenvalue weighted by Crippen LogP contribution is -2.26. The molecule has 0 spiro atoms. The van der Waals surface area contributed by atoms with E-state index in [2.05, 4.69) is 14.8 Å². The Morgan fingerprint density at radius 2 is 2.17 bits per heavy atom. The second-order valence-electron chi connectivity index (χ2n) is 5.41. The highest BCUT2D eigenvalue weighted by molar-refractivity contribution is 7.97. The molecule has 0 saturated heterocycles. The molecule has 6 nitrogen and oxygen atoms in total. The van der Waals surface area contributed by atoms with Crippen LogP contribution in [0.1, 0.15) is 11.1 Å². The molecule has 0 amide bonds. The first-order chi connectivity index (χ1) is 11.1. The molecule has 0 fully saturated rings. The third-order valence-electron chi connectivity index (χ3n) is 3.98. The summed E-state index contributed by atoms with van der Waals surface area (Å²) in [5.74, 6) is 0. The van der Waals surface area contributed by atoms with Crippen molar-refractivity contribution in [2.75, 3.05) is 11.3 Å². The van der Waals surface area contributed by atoms with Crippen LogP contribution in [0.5, 0.6) is 0 Å². The number of nitrogens with one attached hydrogen (secondary N) is 3.